The molecule has 0 fully saturated rings. The number of methoxy groups -OCH3 is 2. The van der Waals surface area contributed by atoms with Gasteiger partial charge in [0.1, 0.15) is 5.75 Å². The molecule has 0 amide bonds. The van der Waals surface area contributed by atoms with E-state index < -0.39 is 0 Å². The Hall–Kier alpha value is -2.16. The van der Waals surface area contributed by atoms with Gasteiger partial charge < -0.3 is 24.4 Å². The Labute approximate surface area is 184 Å². The van der Waals surface area contributed by atoms with E-state index in [0.29, 0.717) is 13.2 Å². The van der Waals surface area contributed by atoms with Gasteiger partial charge in [0.2, 0.25) is 0 Å². The van der Waals surface area contributed by atoms with Crippen LogP contribution in [0.15, 0.2) is 47.5 Å². The van der Waals surface area contributed by atoms with Crippen molar-refractivity contribution in [3.05, 3.63) is 53.6 Å². The normalized spacial score (nSPS) is 10.7. The third-order valence-electron chi connectivity index (χ3n) is 4.13. The molecule has 2 aromatic rings. The van der Waals surface area contributed by atoms with E-state index >= 15 is 0 Å². The summed E-state index contributed by atoms with van der Waals surface area (Å²) in [4.78, 5) is 6.45. The lowest BCUT2D eigenvalue weighted by Crippen LogP contribution is -2.38. The van der Waals surface area contributed by atoms with Crippen molar-refractivity contribution in [2.24, 2.45) is 4.99 Å². The highest BCUT2D eigenvalue weighted by Crippen LogP contribution is 2.28. The number of hydrogen-bond acceptors (Lipinski definition) is 4. The third-order valence-corrected chi connectivity index (χ3v) is 4.13. The molecule has 28 heavy (non-hydrogen) atoms. The van der Waals surface area contributed by atoms with Crippen molar-refractivity contribution < 1.29 is 14.2 Å². The van der Waals surface area contributed by atoms with Crippen LogP contribution < -0.4 is 19.5 Å². The fourth-order valence-electron chi connectivity index (χ4n) is 2.74. The third kappa shape index (κ3) is 6.78. The van der Waals surface area contributed by atoms with Gasteiger partial charge >= 0.3 is 0 Å². The molecule has 0 atom stereocenters. The Bertz CT molecular complexity index is 751. The second kappa shape index (κ2) is 12.3. The van der Waals surface area contributed by atoms with Gasteiger partial charge in [0.25, 0.3) is 0 Å². The Morgan fingerprint density at radius 3 is 2.25 bits per heavy atom. The molecule has 154 valence electrons. The van der Waals surface area contributed by atoms with Crippen molar-refractivity contribution in [2.75, 3.05) is 34.9 Å². The SMILES string of the molecule is CCOc1cc(CNC(=NC)N(C)Cc2ccc(OC)cc2)ccc1OC.I. The largest absolute Gasteiger partial charge is 0.497 e. The minimum Gasteiger partial charge on any atom is -0.497 e. The van der Waals surface area contributed by atoms with Crippen LogP contribution in [0.4, 0.5) is 0 Å². The molecule has 7 heteroatoms. The lowest BCUT2D eigenvalue weighted by atomic mass is 10.2. The minimum absolute atomic E-state index is 0. The van der Waals surface area contributed by atoms with Gasteiger partial charge in [-0.3, -0.25) is 4.99 Å². The van der Waals surface area contributed by atoms with Gasteiger partial charge in [0, 0.05) is 27.2 Å². The molecule has 1 N–H and O–H groups in total. The molecular weight excluding hydrogens is 469 g/mol. The molecule has 0 aromatic heterocycles. The zero-order chi connectivity index (χ0) is 19.6. The number of hydrogen-bond donors (Lipinski definition) is 1. The van der Waals surface area contributed by atoms with Crippen molar-refractivity contribution in [3.63, 3.8) is 0 Å². The molecule has 0 unspecified atom stereocenters. The van der Waals surface area contributed by atoms with Gasteiger partial charge in [-0.15, -0.1) is 24.0 Å². The highest BCUT2D eigenvalue weighted by atomic mass is 127. The van der Waals surface area contributed by atoms with Crippen LogP contribution in [0.2, 0.25) is 0 Å². The molecule has 0 saturated carbocycles. The summed E-state index contributed by atoms with van der Waals surface area (Å²) in [7, 11) is 7.11. The summed E-state index contributed by atoms with van der Waals surface area (Å²) < 4.78 is 16.2. The Balaban J connectivity index is 0.00000392. The lowest BCUT2D eigenvalue weighted by molar-refractivity contribution is 0.310. The molecular formula is C21H30IN3O3. The van der Waals surface area contributed by atoms with E-state index in [-0.39, 0.29) is 24.0 Å². The molecule has 0 aliphatic rings. The van der Waals surface area contributed by atoms with E-state index in [4.69, 9.17) is 14.2 Å². The van der Waals surface area contributed by atoms with Crippen LogP contribution in [0.25, 0.3) is 0 Å². The van der Waals surface area contributed by atoms with Crippen LogP contribution in [0.3, 0.4) is 0 Å². The summed E-state index contributed by atoms with van der Waals surface area (Å²) >= 11 is 0. The maximum absolute atomic E-state index is 5.64. The van der Waals surface area contributed by atoms with E-state index in [0.717, 1.165) is 35.3 Å². The molecule has 0 aliphatic heterocycles. The zero-order valence-corrected chi connectivity index (χ0v) is 19.5. The first-order chi connectivity index (χ1) is 13.1. The summed E-state index contributed by atoms with van der Waals surface area (Å²) in [6.45, 7) is 3.94. The first kappa shape index (κ1) is 23.9. The smallest absolute Gasteiger partial charge is 0.193 e. The van der Waals surface area contributed by atoms with E-state index in [1.54, 1.807) is 21.3 Å². The minimum atomic E-state index is 0. The molecule has 0 spiro atoms. The van der Waals surface area contributed by atoms with E-state index in [1.807, 2.05) is 44.3 Å². The van der Waals surface area contributed by atoms with Gasteiger partial charge in [0.15, 0.2) is 17.5 Å². The molecule has 0 bridgehead atoms. The lowest BCUT2D eigenvalue weighted by Gasteiger charge is -2.22. The van der Waals surface area contributed by atoms with E-state index in [9.17, 15) is 0 Å². The summed E-state index contributed by atoms with van der Waals surface area (Å²) in [6.07, 6.45) is 0. The highest BCUT2D eigenvalue weighted by molar-refractivity contribution is 14.0. The number of aliphatic imine (C=N–C) groups is 1. The monoisotopic (exact) mass is 499 g/mol. The molecule has 0 saturated heterocycles. The molecule has 0 aliphatic carbocycles. The number of guanidine groups is 1. The topological polar surface area (TPSA) is 55.3 Å². The Kier molecular flexibility index (Phi) is 10.5. The highest BCUT2D eigenvalue weighted by Gasteiger charge is 2.09. The van der Waals surface area contributed by atoms with Crippen molar-refractivity contribution in [1.29, 1.82) is 0 Å². The van der Waals surface area contributed by atoms with Crippen molar-refractivity contribution in [2.45, 2.75) is 20.0 Å². The maximum Gasteiger partial charge on any atom is 0.193 e. The molecule has 0 radical (unpaired) electrons. The summed E-state index contributed by atoms with van der Waals surface area (Å²) in [6, 6.07) is 14.0. The van der Waals surface area contributed by atoms with Crippen molar-refractivity contribution >= 4 is 29.9 Å². The van der Waals surface area contributed by atoms with Crippen LogP contribution in [0.1, 0.15) is 18.1 Å². The van der Waals surface area contributed by atoms with Crippen molar-refractivity contribution in [3.8, 4) is 17.2 Å². The Morgan fingerprint density at radius 1 is 1.00 bits per heavy atom. The van der Waals surface area contributed by atoms with Gasteiger partial charge in [-0.05, 0) is 42.3 Å². The van der Waals surface area contributed by atoms with E-state index in [1.165, 1.54) is 5.56 Å². The predicted octanol–water partition coefficient (Wildman–Crippen LogP) is 3.93. The van der Waals surface area contributed by atoms with Crippen LogP contribution >= 0.6 is 24.0 Å². The molecule has 6 nitrogen and oxygen atoms in total. The van der Waals surface area contributed by atoms with Gasteiger partial charge in [-0.25, -0.2) is 0 Å². The van der Waals surface area contributed by atoms with Crippen molar-refractivity contribution in [1.82, 2.24) is 10.2 Å². The zero-order valence-electron chi connectivity index (χ0n) is 17.2. The first-order valence-electron chi connectivity index (χ1n) is 8.95. The van der Waals surface area contributed by atoms with Gasteiger partial charge in [-0.2, -0.15) is 0 Å². The van der Waals surface area contributed by atoms with E-state index in [2.05, 4.69) is 27.3 Å². The molecule has 2 rings (SSSR count). The number of halogens is 1. The number of benzene rings is 2. The molecule has 0 heterocycles. The summed E-state index contributed by atoms with van der Waals surface area (Å²) in [5.41, 5.74) is 2.28. The number of rotatable bonds is 8. The average molecular weight is 499 g/mol. The Morgan fingerprint density at radius 2 is 1.68 bits per heavy atom. The van der Waals surface area contributed by atoms with Gasteiger partial charge in [-0.1, -0.05) is 18.2 Å². The summed E-state index contributed by atoms with van der Waals surface area (Å²) in [5.74, 6) is 3.16. The summed E-state index contributed by atoms with van der Waals surface area (Å²) in [5, 5.41) is 3.39. The average Bonchev–Trinajstić information content (AvgIpc) is 2.69. The van der Waals surface area contributed by atoms with Crippen LogP contribution in [0, 0.1) is 0 Å². The second-order valence-corrected chi connectivity index (χ2v) is 6.02. The fraction of sp³-hybridized carbons (Fsp3) is 0.381. The predicted molar refractivity (Wildman–Crippen MR) is 124 cm³/mol. The quantitative estimate of drug-likeness (QED) is 0.339. The number of nitrogens with one attached hydrogen (secondary N) is 1. The number of nitrogens with zero attached hydrogens (tertiary/aromatic N) is 2. The second-order valence-electron chi connectivity index (χ2n) is 6.02. The standard InChI is InChI=1S/C21H29N3O3.HI/c1-6-27-20-13-17(9-12-19(20)26-5)14-23-21(22-2)24(3)15-16-7-10-18(25-4)11-8-16;/h7-13H,6,14-15H2,1-5H3,(H,22,23);1H. The fourth-order valence-corrected chi connectivity index (χ4v) is 2.74. The maximum atomic E-state index is 5.64. The van der Waals surface area contributed by atoms with Crippen LogP contribution in [0.5, 0.6) is 17.2 Å². The molecule has 2 aromatic carbocycles. The number of ether oxygens (including phenoxy) is 3. The van der Waals surface area contributed by atoms with Crippen LogP contribution in [-0.2, 0) is 13.1 Å². The van der Waals surface area contributed by atoms with Gasteiger partial charge in [0.05, 0.1) is 20.8 Å². The van der Waals surface area contributed by atoms with Crippen LogP contribution in [-0.4, -0.2) is 45.8 Å². The first-order valence-corrected chi connectivity index (χ1v) is 8.95.